The Kier molecular flexibility index (Phi) is 3.85. The van der Waals surface area contributed by atoms with Crippen molar-refractivity contribution < 1.29 is 12.8 Å². The highest BCUT2D eigenvalue weighted by Gasteiger charge is 2.15. The largest absolute Gasteiger partial charge is 0.441 e. The molecule has 0 aliphatic heterocycles. The van der Waals surface area contributed by atoms with Gasteiger partial charge < -0.3 is 4.42 Å². The van der Waals surface area contributed by atoms with Crippen molar-refractivity contribution in [3.05, 3.63) is 53.9 Å². The molecule has 23 heavy (non-hydrogen) atoms. The molecule has 0 aliphatic carbocycles. The third-order valence-corrected chi connectivity index (χ3v) is 5.00. The summed E-state index contributed by atoms with van der Waals surface area (Å²) in [6.45, 7) is 5.88. The van der Waals surface area contributed by atoms with Gasteiger partial charge in [0.1, 0.15) is 5.52 Å². The molecular weight excluding hydrogens is 312 g/mol. The van der Waals surface area contributed by atoms with Gasteiger partial charge in [-0.2, -0.15) is 0 Å². The lowest BCUT2D eigenvalue weighted by molar-refractivity contribution is 0.561. The minimum absolute atomic E-state index is 0.232. The molecular formula is C17H18N2O3S. The summed E-state index contributed by atoms with van der Waals surface area (Å²) in [6.07, 6.45) is 0. The van der Waals surface area contributed by atoms with Crippen molar-refractivity contribution in [2.75, 3.05) is 4.72 Å². The van der Waals surface area contributed by atoms with E-state index in [2.05, 4.69) is 23.6 Å². The molecule has 1 heterocycles. The number of fused-ring (bicyclic) bond motifs is 1. The van der Waals surface area contributed by atoms with Crippen molar-refractivity contribution in [1.29, 1.82) is 0 Å². The molecule has 0 bridgehead atoms. The molecule has 0 atom stereocenters. The van der Waals surface area contributed by atoms with Crippen LogP contribution < -0.4 is 4.72 Å². The van der Waals surface area contributed by atoms with Crippen molar-refractivity contribution in [1.82, 2.24) is 4.98 Å². The average molecular weight is 330 g/mol. The summed E-state index contributed by atoms with van der Waals surface area (Å²) in [5.41, 5.74) is 2.80. The zero-order valence-electron chi connectivity index (χ0n) is 13.2. The van der Waals surface area contributed by atoms with Gasteiger partial charge in [0.25, 0.3) is 10.0 Å². The van der Waals surface area contributed by atoms with E-state index < -0.39 is 10.0 Å². The Labute approximate surface area is 135 Å². The average Bonchev–Trinajstić information content (AvgIpc) is 2.86. The molecule has 0 unspecified atom stereocenters. The van der Waals surface area contributed by atoms with Crippen molar-refractivity contribution >= 4 is 26.8 Å². The zero-order valence-corrected chi connectivity index (χ0v) is 14.0. The Morgan fingerprint density at radius 2 is 1.78 bits per heavy atom. The molecule has 3 rings (SSSR count). The fraction of sp³-hybridized carbons (Fsp3) is 0.235. The highest BCUT2D eigenvalue weighted by molar-refractivity contribution is 7.92. The number of aryl methyl sites for hydroxylation is 1. The minimum atomic E-state index is -3.63. The van der Waals surface area contributed by atoms with E-state index in [1.54, 1.807) is 37.3 Å². The number of anilines is 1. The van der Waals surface area contributed by atoms with Crippen LogP contribution in [0.2, 0.25) is 0 Å². The van der Waals surface area contributed by atoms with Crippen LogP contribution in [0.1, 0.15) is 31.2 Å². The van der Waals surface area contributed by atoms with Crippen LogP contribution in [0.15, 0.2) is 51.8 Å². The van der Waals surface area contributed by atoms with E-state index in [-0.39, 0.29) is 4.90 Å². The summed E-state index contributed by atoms with van der Waals surface area (Å²) < 4.78 is 32.9. The molecule has 0 saturated carbocycles. The van der Waals surface area contributed by atoms with E-state index in [1.807, 2.05) is 12.1 Å². The molecule has 1 aromatic heterocycles. The first-order valence-corrected chi connectivity index (χ1v) is 8.83. The van der Waals surface area contributed by atoms with Crippen molar-refractivity contribution in [2.45, 2.75) is 31.6 Å². The zero-order chi connectivity index (χ0) is 16.6. The summed E-state index contributed by atoms with van der Waals surface area (Å²) in [5.74, 6) is 0.904. The van der Waals surface area contributed by atoms with Crippen LogP contribution in [0, 0.1) is 6.92 Å². The maximum atomic E-state index is 12.5. The van der Waals surface area contributed by atoms with Gasteiger partial charge in [-0.3, -0.25) is 4.72 Å². The van der Waals surface area contributed by atoms with Crippen LogP contribution in [0.3, 0.4) is 0 Å². The van der Waals surface area contributed by atoms with Gasteiger partial charge >= 0.3 is 0 Å². The molecule has 0 saturated heterocycles. The fourth-order valence-electron chi connectivity index (χ4n) is 2.35. The van der Waals surface area contributed by atoms with Crippen LogP contribution in [-0.2, 0) is 10.0 Å². The second-order valence-corrected chi connectivity index (χ2v) is 7.43. The number of oxazole rings is 1. The Balaban J connectivity index is 1.89. The number of nitrogens with zero attached hydrogens (tertiary/aromatic N) is 1. The molecule has 6 heteroatoms. The highest BCUT2D eigenvalue weighted by Crippen LogP contribution is 2.23. The molecule has 0 amide bonds. The second-order valence-electron chi connectivity index (χ2n) is 5.74. The first-order chi connectivity index (χ1) is 10.8. The molecule has 3 aromatic rings. The van der Waals surface area contributed by atoms with E-state index in [0.717, 1.165) is 5.56 Å². The molecule has 0 fully saturated rings. The number of hydrogen-bond acceptors (Lipinski definition) is 4. The predicted octanol–water partition coefficient (Wildman–Crippen LogP) is 4.06. The first kappa shape index (κ1) is 15.6. The third kappa shape index (κ3) is 3.22. The maximum absolute atomic E-state index is 12.5. The van der Waals surface area contributed by atoms with Crippen LogP contribution in [0.5, 0.6) is 0 Å². The molecule has 5 nitrogen and oxygen atoms in total. The van der Waals surface area contributed by atoms with Gasteiger partial charge in [0.05, 0.1) is 10.6 Å². The lowest BCUT2D eigenvalue weighted by Gasteiger charge is -2.10. The van der Waals surface area contributed by atoms with E-state index in [0.29, 0.717) is 28.6 Å². The fourth-order valence-corrected chi connectivity index (χ4v) is 3.40. The molecule has 2 aromatic carbocycles. The van der Waals surface area contributed by atoms with E-state index in [9.17, 15) is 8.42 Å². The van der Waals surface area contributed by atoms with Gasteiger partial charge in [-0.15, -0.1) is 0 Å². The number of nitrogens with one attached hydrogen (secondary N) is 1. The molecule has 0 spiro atoms. The quantitative estimate of drug-likeness (QED) is 0.783. The number of hydrogen-bond donors (Lipinski definition) is 1. The van der Waals surface area contributed by atoms with Crippen LogP contribution in [0.25, 0.3) is 11.1 Å². The van der Waals surface area contributed by atoms with E-state index in [1.165, 1.54) is 0 Å². The van der Waals surface area contributed by atoms with E-state index >= 15 is 0 Å². The topological polar surface area (TPSA) is 72.2 Å². The molecule has 1 N–H and O–H groups in total. The van der Waals surface area contributed by atoms with Crippen LogP contribution >= 0.6 is 0 Å². The second kappa shape index (κ2) is 5.70. The molecule has 120 valence electrons. The number of aromatic nitrogens is 1. The number of sulfonamides is 1. The monoisotopic (exact) mass is 330 g/mol. The van der Waals surface area contributed by atoms with Crippen LogP contribution in [-0.4, -0.2) is 13.4 Å². The van der Waals surface area contributed by atoms with Gasteiger partial charge in [-0.25, -0.2) is 13.4 Å². The summed E-state index contributed by atoms with van der Waals surface area (Å²) in [5, 5.41) is 0. The first-order valence-electron chi connectivity index (χ1n) is 7.35. The minimum Gasteiger partial charge on any atom is -0.441 e. The lowest BCUT2D eigenvalue weighted by Crippen LogP contribution is -2.12. The molecule has 0 aliphatic rings. The summed E-state index contributed by atoms with van der Waals surface area (Å²) in [7, 11) is -3.63. The van der Waals surface area contributed by atoms with Crippen molar-refractivity contribution in [3.63, 3.8) is 0 Å². The third-order valence-electron chi connectivity index (χ3n) is 3.60. The van der Waals surface area contributed by atoms with E-state index in [4.69, 9.17) is 4.42 Å². The van der Waals surface area contributed by atoms with Gasteiger partial charge in [0.2, 0.25) is 0 Å². The summed E-state index contributed by atoms with van der Waals surface area (Å²) >= 11 is 0. The van der Waals surface area contributed by atoms with Crippen LogP contribution in [0.4, 0.5) is 5.69 Å². The van der Waals surface area contributed by atoms with Crippen molar-refractivity contribution in [3.8, 4) is 0 Å². The van der Waals surface area contributed by atoms with Gasteiger partial charge in [0, 0.05) is 13.0 Å². The maximum Gasteiger partial charge on any atom is 0.261 e. The van der Waals surface area contributed by atoms with Gasteiger partial charge in [0.15, 0.2) is 11.5 Å². The Morgan fingerprint density at radius 1 is 1.09 bits per heavy atom. The standard InChI is InChI=1S/C17H18N2O3S/c1-11(2)13-4-7-15(8-5-13)23(20,21)19-14-6-9-16-17(10-14)22-12(3)18-16/h4-11,19H,1-3H3. The Morgan fingerprint density at radius 3 is 2.43 bits per heavy atom. The molecule has 0 radical (unpaired) electrons. The predicted molar refractivity (Wildman–Crippen MR) is 90.1 cm³/mol. The SMILES string of the molecule is Cc1nc2ccc(NS(=O)(=O)c3ccc(C(C)C)cc3)cc2o1. The van der Waals surface area contributed by atoms with Gasteiger partial charge in [-0.1, -0.05) is 26.0 Å². The lowest BCUT2D eigenvalue weighted by atomic mass is 10.0. The number of benzene rings is 2. The summed E-state index contributed by atoms with van der Waals surface area (Å²) in [6, 6.07) is 11.9. The van der Waals surface area contributed by atoms with Gasteiger partial charge in [-0.05, 0) is 35.7 Å². The van der Waals surface area contributed by atoms with Crippen molar-refractivity contribution in [2.24, 2.45) is 0 Å². The normalized spacial score (nSPS) is 12.0. The smallest absolute Gasteiger partial charge is 0.261 e. The highest BCUT2D eigenvalue weighted by atomic mass is 32.2. The summed E-state index contributed by atoms with van der Waals surface area (Å²) in [4.78, 5) is 4.42. The Hall–Kier alpha value is -2.34. The number of rotatable bonds is 4. The Bertz CT molecular complexity index is 942.